The van der Waals surface area contributed by atoms with Crippen molar-refractivity contribution in [3.63, 3.8) is 0 Å². The van der Waals surface area contributed by atoms with Crippen LogP contribution in [0.5, 0.6) is 0 Å². The van der Waals surface area contributed by atoms with E-state index in [0.29, 0.717) is 17.5 Å². The van der Waals surface area contributed by atoms with Crippen LogP contribution in [0, 0.1) is 0 Å². The monoisotopic (exact) mass is 465 g/mol. The Balaban J connectivity index is 0.00000288. The molecule has 0 atom stereocenters. The average Bonchev–Trinajstić information content (AvgIpc) is 3.00. The van der Waals surface area contributed by atoms with Crippen LogP contribution in [0.1, 0.15) is 38.2 Å². The standard InChI is InChI=1S/C17H27N3O2S.HI/c1-3-18-17(20-15-6-4-5-7-15)19-13-12-14-8-10-16(11-9-14)23(2,21)22;/h8-11,15H,3-7,12-13H2,1-2H3,(H2,18,19,20);1H. The van der Waals surface area contributed by atoms with Crippen molar-refractivity contribution in [3.05, 3.63) is 29.8 Å². The summed E-state index contributed by atoms with van der Waals surface area (Å²) in [7, 11) is -3.12. The van der Waals surface area contributed by atoms with E-state index in [1.54, 1.807) is 12.1 Å². The van der Waals surface area contributed by atoms with Gasteiger partial charge in [0.1, 0.15) is 0 Å². The van der Waals surface area contributed by atoms with E-state index >= 15 is 0 Å². The van der Waals surface area contributed by atoms with Crippen molar-refractivity contribution in [1.82, 2.24) is 10.6 Å². The summed E-state index contributed by atoms with van der Waals surface area (Å²) in [5.41, 5.74) is 1.10. The highest BCUT2D eigenvalue weighted by Gasteiger charge is 2.15. The number of hydrogen-bond acceptors (Lipinski definition) is 3. The number of sulfone groups is 1. The maximum atomic E-state index is 11.4. The summed E-state index contributed by atoms with van der Waals surface area (Å²) in [5, 5.41) is 6.78. The highest BCUT2D eigenvalue weighted by atomic mass is 127. The van der Waals surface area contributed by atoms with Gasteiger partial charge >= 0.3 is 0 Å². The Morgan fingerprint density at radius 1 is 1.21 bits per heavy atom. The number of rotatable bonds is 6. The first-order valence-corrected chi connectivity index (χ1v) is 10.2. The molecule has 7 heteroatoms. The summed E-state index contributed by atoms with van der Waals surface area (Å²) in [6.07, 6.45) is 7.05. The van der Waals surface area contributed by atoms with Crippen molar-refractivity contribution in [2.75, 3.05) is 19.3 Å². The minimum atomic E-state index is -3.12. The van der Waals surface area contributed by atoms with Crippen molar-refractivity contribution < 1.29 is 8.42 Å². The zero-order valence-corrected chi connectivity index (χ0v) is 17.6. The molecule has 0 aromatic heterocycles. The van der Waals surface area contributed by atoms with Crippen LogP contribution in [0.25, 0.3) is 0 Å². The molecular formula is C17H28IN3O2S. The molecule has 2 rings (SSSR count). The number of nitrogens with one attached hydrogen (secondary N) is 2. The van der Waals surface area contributed by atoms with Gasteiger partial charge in [0.2, 0.25) is 0 Å². The third kappa shape index (κ3) is 6.96. The lowest BCUT2D eigenvalue weighted by molar-refractivity contribution is 0.602. The second kappa shape index (κ2) is 10.2. The third-order valence-corrected chi connectivity index (χ3v) is 5.19. The van der Waals surface area contributed by atoms with Gasteiger partial charge in [-0.25, -0.2) is 8.42 Å². The highest BCUT2D eigenvalue weighted by molar-refractivity contribution is 14.0. The summed E-state index contributed by atoms with van der Waals surface area (Å²) >= 11 is 0. The van der Waals surface area contributed by atoms with Crippen molar-refractivity contribution in [3.8, 4) is 0 Å². The fourth-order valence-corrected chi connectivity index (χ4v) is 3.41. The van der Waals surface area contributed by atoms with Crippen LogP contribution in [-0.4, -0.2) is 39.8 Å². The Labute approximate surface area is 162 Å². The number of halogens is 1. The zero-order chi connectivity index (χ0) is 16.7. The average molecular weight is 465 g/mol. The molecule has 0 saturated heterocycles. The number of benzene rings is 1. The lowest BCUT2D eigenvalue weighted by Crippen LogP contribution is -2.42. The predicted octanol–water partition coefficient (Wildman–Crippen LogP) is 2.75. The topological polar surface area (TPSA) is 70.6 Å². The Morgan fingerprint density at radius 3 is 2.38 bits per heavy atom. The molecule has 0 heterocycles. The normalized spacial score (nSPS) is 15.8. The first kappa shape index (κ1) is 21.2. The summed E-state index contributed by atoms with van der Waals surface area (Å²) in [5.74, 6) is 0.882. The van der Waals surface area contributed by atoms with Gasteiger partial charge in [-0.05, 0) is 43.9 Å². The van der Waals surface area contributed by atoms with Crippen molar-refractivity contribution in [1.29, 1.82) is 0 Å². The van der Waals surface area contributed by atoms with Crippen LogP contribution in [-0.2, 0) is 16.3 Å². The van der Waals surface area contributed by atoms with Gasteiger partial charge in [0.05, 0.1) is 4.90 Å². The van der Waals surface area contributed by atoms with Crippen LogP contribution in [0.15, 0.2) is 34.2 Å². The molecule has 1 saturated carbocycles. The van der Waals surface area contributed by atoms with E-state index in [1.807, 2.05) is 12.1 Å². The minimum Gasteiger partial charge on any atom is -0.357 e. The SMILES string of the molecule is CCNC(=NCCc1ccc(S(C)(=O)=O)cc1)NC1CCCC1.I. The fraction of sp³-hybridized carbons (Fsp3) is 0.588. The van der Waals surface area contributed by atoms with Crippen molar-refractivity contribution >= 4 is 39.8 Å². The zero-order valence-electron chi connectivity index (χ0n) is 14.4. The van der Waals surface area contributed by atoms with Gasteiger partial charge in [-0.3, -0.25) is 4.99 Å². The maximum Gasteiger partial charge on any atom is 0.191 e. The molecule has 0 aliphatic heterocycles. The summed E-state index contributed by atoms with van der Waals surface area (Å²) in [4.78, 5) is 4.98. The highest BCUT2D eigenvalue weighted by Crippen LogP contribution is 2.17. The van der Waals surface area contributed by atoms with E-state index < -0.39 is 9.84 Å². The van der Waals surface area contributed by atoms with Gasteiger partial charge < -0.3 is 10.6 Å². The molecule has 1 aromatic rings. The molecular weight excluding hydrogens is 437 g/mol. The molecule has 24 heavy (non-hydrogen) atoms. The molecule has 0 unspecified atom stereocenters. The van der Waals surface area contributed by atoms with Gasteiger partial charge in [0, 0.05) is 25.4 Å². The van der Waals surface area contributed by atoms with E-state index in [4.69, 9.17) is 0 Å². The van der Waals surface area contributed by atoms with Gasteiger partial charge in [-0.2, -0.15) is 0 Å². The molecule has 0 spiro atoms. The third-order valence-electron chi connectivity index (χ3n) is 4.06. The first-order valence-electron chi connectivity index (χ1n) is 8.33. The summed E-state index contributed by atoms with van der Waals surface area (Å²) in [6.45, 7) is 3.59. The quantitative estimate of drug-likeness (QED) is 0.385. The van der Waals surface area contributed by atoms with E-state index in [1.165, 1.54) is 31.9 Å². The second-order valence-corrected chi connectivity index (χ2v) is 8.07. The van der Waals surface area contributed by atoms with Gasteiger partial charge in [-0.15, -0.1) is 24.0 Å². The molecule has 1 aliphatic carbocycles. The summed E-state index contributed by atoms with van der Waals surface area (Å²) < 4.78 is 22.9. The van der Waals surface area contributed by atoms with Crippen LogP contribution in [0.2, 0.25) is 0 Å². The van der Waals surface area contributed by atoms with Crippen molar-refractivity contribution in [2.45, 2.75) is 50.0 Å². The second-order valence-electron chi connectivity index (χ2n) is 6.05. The van der Waals surface area contributed by atoms with Crippen LogP contribution in [0.3, 0.4) is 0 Å². The number of guanidine groups is 1. The molecule has 1 aliphatic rings. The van der Waals surface area contributed by atoms with E-state index in [2.05, 4.69) is 22.5 Å². The Bertz CT molecular complexity index is 624. The molecule has 1 fully saturated rings. The smallest absolute Gasteiger partial charge is 0.191 e. The Kier molecular flexibility index (Phi) is 9.04. The van der Waals surface area contributed by atoms with Gasteiger partial charge in [0.15, 0.2) is 15.8 Å². The number of aliphatic imine (C=N–C) groups is 1. The number of nitrogens with zero attached hydrogens (tertiary/aromatic N) is 1. The van der Waals surface area contributed by atoms with Crippen LogP contribution < -0.4 is 10.6 Å². The van der Waals surface area contributed by atoms with Gasteiger partial charge in [-0.1, -0.05) is 25.0 Å². The molecule has 0 amide bonds. The van der Waals surface area contributed by atoms with E-state index in [-0.39, 0.29) is 24.0 Å². The number of hydrogen-bond donors (Lipinski definition) is 2. The van der Waals surface area contributed by atoms with E-state index in [9.17, 15) is 8.42 Å². The van der Waals surface area contributed by atoms with E-state index in [0.717, 1.165) is 24.5 Å². The molecule has 0 bridgehead atoms. The largest absolute Gasteiger partial charge is 0.357 e. The Hall–Kier alpha value is -0.830. The predicted molar refractivity (Wildman–Crippen MR) is 110 cm³/mol. The maximum absolute atomic E-state index is 11.4. The fourth-order valence-electron chi connectivity index (χ4n) is 2.78. The molecule has 1 aromatic carbocycles. The van der Waals surface area contributed by atoms with Crippen LogP contribution in [0.4, 0.5) is 0 Å². The van der Waals surface area contributed by atoms with Crippen LogP contribution >= 0.6 is 24.0 Å². The van der Waals surface area contributed by atoms with Gasteiger partial charge in [0.25, 0.3) is 0 Å². The molecule has 136 valence electrons. The molecule has 2 N–H and O–H groups in total. The molecule has 5 nitrogen and oxygen atoms in total. The van der Waals surface area contributed by atoms with Crippen molar-refractivity contribution in [2.24, 2.45) is 4.99 Å². The minimum absolute atomic E-state index is 0. The first-order chi connectivity index (χ1) is 11.0. The Morgan fingerprint density at radius 2 is 1.83 bits per heavy atom. The molecule has 0 radical (unpaired) electrons. The lowest BCUT2D eigenvalue weighted by Gasteiger charge is -2.16. The summed E-state index contributed by atoms with van der Waals surface area (Å²) in [6, 6.07) is 7.60. The lowest BCUT2D eigenvalue weighted by atomic mass is 10.1.